The normalized spacial score (nSPS) is 25.9. The summed E-state index contributed by atoms with van der Waals surface area (Å²) in [5, 5.41) is 0. The molecule has 76 valence electrons. The molecule has 0 aliphatic carbocycles. The fourth-order valence-electron chi connectivity index (χ4n) is 1.92. The van der Waals surface area contributed by atoms with Crippen LogP contribution in [0.3, 0.4) is 0 Å². The Morgan fingerprint density at radius 1 is 1.50 bits per heavy atom. The van der Waals surface area contributed by atoms with E-state index in [0.717, 1.165) is 6.42 Å². The minimum atomic E-state index is -0.258. The highest BCUT2D eigenvalue weighted by Crippen LogP contribution is 2.42. The summed E-state index contributed by atoms with van der Waals surface area (Å²) in [5.74, 6) is 0.280. The fourth-order valence-corrected chi connectivity index (χ4v) is 1.92. The van der Waals surface area contributed by atoms with Gasteiger partial charge >= 0.3 is 5.97 Å². The van der Waals surface area contributed by atoms with Crippen molar-refractivity contribution in [2.24, 2.45) is 5.41 Å². The highest BCUT2D eigenvalue weighted by atomic mass is 16.5. The number of carbonyl (C=O) groups excluding carboxylic acids is 1. The van der Waals surface area contributed by atoms with Crippen LogP contribution in [-0.2, 0) is 9.53 Å². The molecular formula is C11H14O3. The molecule has 0 bridgehead atoms. The molecule has 1 aromatic heterocycles. The number of cyclic esters (lactones) is 1. The predicted molar refractivity (Wildman–Crippen MR) is 50.8 cm³/mol. The highest BCUT2D eigenvalue weighted by molar-refractivity contribution is 5.79. The van der Waals surface area contributed by atoms with E-state index in [9.17, 15) is 4.79 Å². The van der Waals surface area contributed by atoms with Gasteiger partial charge in [-0.05, 0) is 24.0 Å². The average molecular weight is 194 g/mol. The zero-order chi connectivity index (χ0) is 10.2. The van der Waals surface area contributed by atoms with Gasteiger partial charge in [-0.1, -0.05) is 13.8 Å². The lowest BCUT2D eigenvalue weighted by Gasteiger charge is -2.35. The first-order chi connectivity index (χ1) is 6.61. The van der Waals surface area contributed by atoms with Crippen molar-refractivity contribution in [3.8, 4) is 0 Å². The van der Waals surface area contributed by atoms with Gasteiger partial charge < -0.3 is 9.15 Å². The van der Waals surface area contributed by atoms with Crippen LogP contribution in [0.25, 0.3) is 0 Å². The molecule has 1 aliphatic rings. The number of esters is 1. The van der Waals surface area contributed by atoms with Crippen LogP contribution in [-0.4, -0.2) is 12.6 Å². The van der Waals surface area contributed by atoms with Crippen LogP contribution in [0.15, 0.2) is 22.8 Å². The maximum absolute atomic E-state index is 11.6. The first kappa shape index (κ1) is 9.31. The van der Waals surface area contributed by atoms with Crippen LogP contribution < -0.4 is 0 Å². The summed E-state index contributed by atoms with van der Waals surface area (Å²) in [4.78, 5) is 11.6. The lowest BCUT2D eigenvalue weighted by Crippen LogP contribution is -2.36. The number of ether oxygens (including phenoxy) is 1. The number of rotatable bonds is 1. The van der Waals surface area contributed by atoms with Gasteiger partial charge in [-0.15, -0.1) is 0 Å². The Kier molecular flexibility index (Phi) is 2.10. The Balaban J connectivity index is 2.34. The van der Waals surface area contributed by atoms with Crippen molar-refractivity contribution in [3.05, 3.63) is 24.2 Å². The largest absolute Gasteiger partial charge is 0.468 e. The van der Waals surface area contributed by atoms with Gasteiger partial charge in [-0.25, -0.2) is 0 Å². The van der Waals surface area contributed by atoms with Crippen molar-refractivity contribution in [1.82, 2.24) is 0 Å². The van der Waals surface area contributed by atoms with E-state index in [4.69, 9.17) is 9.15 Å². The summed E-state index contributed by atoms with van der Waals surface area (Å²) in [6, 6.07) is 3.63. The number of hydrogen-bond donors (Lipinski definition) is 0. The summed E-state index contributed by atoms with van der Waals surface area (Å²) in [7, 11) is 0. The van der Waals surface area contributed by atoms with Crippen LogP contribution in [0.4, 0.5) is 0 Å². The van der Waals surface area contributed by atoms with Gasteiger partial charge in [-0.2, -0.15) is 0 Å². The van der Waals surface area contributed by atoms with E-state index in [1.54, 1.807) is 12.3 Å². The first-order valence-corrected chi connectivity index (χ1v) is 4.81. The molecule has 0 unspecified atom stereocenters. The number of furan rings is 1. The van der Waals surface area contributed by atoms with Gasteiger partial charge in [0.15, 0.2) is 0 Å². The molecule has 1 aliphatic heterocycles. The molecule has 0 aromatic carbocycles. The van der Waals surface area contributed by atoms with Crippen molar-refractivity contribution in [2.75, 3.05) is 6.61 Å². The highest BCUT2D eigenvalue weighted by Gasteiger charge is 2.42. The predicted octanol–water partition coefficient (Wildman–Crippen LogP) is 2.34. The summed E-state index contributed by atoms with van der Waals surface area (Å²) in [5.41, 5.74) is -0.0762. The lowest BCUT2D eigenvalue weighted by atomic mass is 9.74. The molecule has 14 heavy (non-hydrogen) atoms. The van der Waals surface area contributed by atoms with E-state index in [1.165, 1.54) is 0 Å². The minimum Gasteiger partial charge on any atom is -0.468 e. The van der Waals surface area contributed by atoms with Crippen molar-refractivity contribution in [3.63, 3.8) is 0 Å². The van der Waals surface area contributed by atoms with Gasteiger partial charge in [0.1, 0.15) is 11.7 Å². The van der Waals surface area contributed by atoms with Gasteiger partial charge in [0, 0.05) is 0 Å². The SMILES string of the molecule is CC1(C)CCOC(=O)[C@H]1c1ccco1. The maximum atomic E-state index is 11.6. The summed E-state index contributed by atoms with van der Waals surface area (Å²) >= 11 is 0. The second-order valence-corrected chi connectivity index (χ2v) is 4.35. The molecular weight excluding hydrogens is 180 g/mol. The second kappa shape index (κ2) is 3.15. The molecule has 1 atom stereocenters. The molecule has 2 heterocycles. The third-order valence-corrected chi connectivity index (χ3v) is 2.84. The van der Waals surface area contributed by atoms with Crippen molar-refractivity contribution in [1.29, 1.82) is 0 Å². The van der Waals surface area contributed by atoms with E-state index in [2.05, 4.69) is 13.8 Å². The van der Waals surface area contributed by atoms with E-state index < -0.39 is 0 Å². The van der Waals surface area contributed by atoms with Crippen molar-refractivity contribution in [2.45, 2.75) is 26.2 Å². The molecule has 0 spiro atoms. The van der Waals surface area contributed by atoms with Crippen LogP contribution >= 0.6 is 0 Å². The van der Waals surface area contributed by atoms with Crippen molar-refractivity contribution < 1.29 is 13.9 Å². The summed E-state index contributed by atoms with van der Waals surface area (Å²) < 4.78 is 10.3. The van der Waals surface area contributed by atoms with Gasteiger partial charge in [-0.3, -0.25) is 4.79 Å². The van der Waals surface area contributed by atoms with E-state index in [-0.39, 0.29) is 17.3 Å². The Bertz CT molecular complexity index is 324. The topological polar surface area (TPSA) is 39.4 Å². The third-order valence-electron chi connectivity index (χ3n) is 2.84. The molecule has 2 rings (SSSR count). The molecule has 0 radical (unpaired) electrons. The van der Waals surface area contributed by atoms with E-state index in [1.807, 2.05) is 6.07 Å². The summed E-state index contributed by atoms with van der Waals surface area (Å²) in [6.45, 7) is 4.66. The average Bonchev–Trinajstić information content (AvgIpc) is 2.55. The van der Waals surface area contributed by atoms with Gasteiger partial charge in [0.2, 0.25) is 0 Å². The zero-order valence-corrected chi connectivity index (χ0v) is 8.45. The van der Waals surface area contributed by atoms with Crippen LogP contribution in [0.2, 0.25) is 0 Å². The molecule has 1 aromatic rings. The molecule has 1 fully saturated rings. The van der Waals surface area contributed by atoms with Crippen LogP contribution in [0.5, 0.6) is 0 Å². The second-order valence-electron chi connectivity index (χ2n) is 4.35. The quantitative estimate of drug-likeness (QED) is 0.644. The minimum absolute atomic E-state index is 0.0762. The Morgan fingerprint density at radius 2 is 2.29 bits per heavy atom. The maximum Gasteiger partial charge on any atom is 0.317 e. The summed E-state index contributed by atoms with van der Waals surface area (Å²) in [6.07, 6.45) is 2.47. The van der Waals surface area contributed by atoms with E-state index in [0.29, 0.717) is 12.4 Å². The zero-order valence-electron chi connectivity index (χ0n) is 8.45. The van der Waals surface area contributed by atoms with Crippen LogP contribution in [0.1, 0.15) is 31.9 Å². The Hall–Kier alpha value is -1.25. The third kappa shape index (κ3) is 1.43. The Labute approximate surface area is 83.0 Å². The number of hydrogen-bond acceptors (Lipinski definition) is 3. The molecule has 0 saturated carbocycles. The van der Waals surface area contributed by atoms with E-state index >= 15 is 0 Å². The first-order valence-electron chi connectivity index (χ1n) is 4.81. The molecule has 3 nitrogen and oxygen atoms in total. The fraction of sp³-hybridized carbons (Fsp3) is 0.545. The van der Waals surface area contributed by atoms with Crippen LogP contribution in [0, 0.1) is 5.41 Å². The lowest BCUT2D eigenvalue weighted by molar-refractivity contribution is -0.156. The number of carbonyl (C=O) groups is 1. The van der Waals surface area contributed by atoms with Crippen molar-refractivity contribution >= 4 is 5.97 Å². The molecule has 1 saturated heterocycles. The Morgan fingerprint density at radius 3 is 2.86 bits per heavy atom. The standard InChI is InChI=1S/C11H14O3/c1-11(2)5-7-14-10(12)9(11)8-4-3-6-13-8/h3-4,6,9H,5,7H2,1-2H3/t9-/m1/s1. The molecule has 3 heteroatoms. The van der Waals surface area contributed by atoms with Gasteiger partial charge in [0.05, 0.1) is 12.9 Å². The molecule has 0 N–H and O–H groups in total. The smallest absolute Gasteiger partial charge is 0.317 e. The molecule has 0 amide bonds. The van der Waals surface area contributed by atoms with Gasteiger partial charge in [0.25, 0.3) is 0 Å². The monoisotopic (exact) mass is 194 g/mol.